The zero-order valence-corrected chi connectivity index (χ0v) is 15.5. The van der Waals surface area contributed by atoms with Crippen molar-refractivity contribution >= 4 is 21.4 Å². The van der Waals surface area contributed by atoms with E-state index in [1.807, 2.05) is 25.3 Å². The monoisotopic (exact) mass is 339 g/mol. The van der Waals surface area contributed by atoms with E-state index in [1.165, 1.54) is 26.1 Å². The zero-order valence-electron chi connectivity index (χ0n) is 14.6. The first kappa shape index (κ1) is 17.0. The Balaban J connectivity index is 1.68. The van der Waals surface area contributed by atoms with Gasteiger partial charge in [-0.2, -0.15) is 0 Å². The highest BCUT2D eigenvalue weighted by molar-refractivity contribution is 7.19. The number of fused-ring (bicyclic) bond motifs is 1. The van der Waals surface area contributed by atoms with Crippen LogP contribution in [-0.4, -0.2) is 13.7 Å². The average Bonchev–Trinajstić information content (AvgIpc) is 3.04. The molecule has 0 radical (unpaired) electrons. The molecule has 0 spiro atoms. The van der Waals surface area contributed by atoms with Crippen LogP contribution in [0.3, 0.4) is 0 Å². The third kappa shape index (κ3) is 3.97. The molecule has 24 heavy (non-hydrogen) atoms. The van der Waals surface area contributed by atoms with Gasteiger partial charge in [0.25, 0.3) is 0 Å². The first-order chi connectivity index (χ1) is 11.7. The molecule has 1 heterocycles. The van der Waals surface area contributed by atoms with Gasteiger partial charge in [-0.15, -0.1) is 11.3 Å². The lowest BCUT2D eigenvalue weighted by atomic mass is 10.0. The van der Waals surface area contributed by atoms with Crippen molar-refractivity contribution in [1.82, 2.24) is 5.32 Å². The minimum atomic E-state index is 0.412. The second kappa shape index (κ2) is 7.82. The zero-order chi connectivity index (χ0) is 16.9. The molecule has 0 saturated heterocycles. The van der Waals surface area contributed by atoms with Crippen LogP contribution in [0.25, 0.3) is 10.1 Å². The lowest BCUT2D eigenvalue weighted by molar-refractivity contribution is 0.340. The largest absolute Gasteiger partial charge is 0.494 e. The molecule has 0 aliphatic rings. The standard InChI is InChI=1S/C21H25NOS/c1-4-23-19-11-8-16(9-12-19)5-6-17-7-10-18-14-20(15(2)22-3)24-21(18)13-17/h7-15,22H,4-6H2,1-3H3. The number of ether oxygens (including phenoxy) is 1. The summed E-state index contributed by atoms with van der Waals surface area (Å²) in [6.07, 6.45) is 2.13. The number of nitrogens with one attached hydrogen (secondary N) is 1. The van der Waals surface area contributed by atoms with Crippen molar-refractivity contribution in [2.45, 2.75) is 32.7 Å². The second-order valence-corrected chi connectivity index (χ2v) is 7.22. The molecule has 126 valence electrons. The van der Waals surface area contributed by atoms with Crippen molar-refractivity contribution in [1.29, 1.82) is 0 Å². The van der Waals surface area contributed by atoms with E-state index >= 15 is 0 Å². The fraction of sp³-hybridized carbons (Fsp3) is 0.333. The van der Waals surface area contributed by atoms with Crippen LogP contribution in [0.2, 0.25) is 0 Å². The van der Waals surface area contributed by atoms with Crippen molar-refractivity contribution in [3.63, 3.8) is 0 Å². The summed E-state index contributed by atoms with van der Waals surface area (Å²) in [5.74, 6) is 0.951. The number of hydrogen-bond donors (Lipinski definition) is 1. The predicted molar refractivity (Wildman–Crippen MR) is 104 cm³/mol. The summed E-state index contributed by atoms with van der Waals surface area (Å²) in [4.78, 5) is 1.40. The van der Waals surface area contributed by atoms with E-state index in [9.17, 15) is 0 Å². The lowest BCUT2D eigenvalue weighted by Crippen LogP contribution is -2.10. The first-order valence-corrected chi connectivity index (χ1v) is 9.42. The fourth-order valence-corrected chi connectivity index (χ4v) is 4.00. The maximum Gasteiger partial charge on any atom is 0.119 e. The Morgan fingerprint density at radius 3 is 2.42 bits per heavy atom. The molecule has 0 aliphatic carbocycles. The molecule has 2 nitrogen and oxygen atoms in total. The first-order valence-electron chi connectivity index (χ1n) is 8.61. The topological polar surface area (TPSA) is 21.3 Å². The van der Waals surface area contributed by atoms with Crippen molar-refractivity contribution in [2.75, 3.05) is 13.7 Å². The van der Waals surface area contributed by atoms with Gasteiger partial charge in [0.1, 0.15) is 5.75 Å². The second-order valence-electron chi connectivity index (χ2n) is 6.11. The normalized spacial score (nSPS) is 12.5. The molecule has 3 heteroatoms. The minimum Gasteiger partial charge on any atom is -0.494 e. The van der Waals surface area contributed by atoms with Gasteiger partial charge in [0, 0.05) is 15.6 Å². The molecule has 1 aromatic heterocycles. The summed E-state index contributed by atoms with van der Waals surface area (Å²) >= 11 is 1.89. The highest BCUT2D eigenvalue weighted by atomic mass is 32.1. The van der Waals surface area contributed by atoms with E-state index in [0.717, 1.165) is 18.6 Å². The molecule has 0 aliphatic heterocycles. The summed E-state index contributed by atoms with van der Waals surface area (Å²) < 4.78 is 6.88. The number of aryl methyl sites for hydroxylation is 2. The highest BCUT2D eigenvalue weighted by Gasteiger charge is 2.08. The summed E-state index contributed by atoms with van der Waals surface area (Å²) in [7, 11) is 2.01. The quantitative estimate of drug-likeness (QED) is 0.625. The van der Waals surface area contributed by atoms with Crippen molar-refractivity contribution in [2.24, 2.45) is 0 Å². The molecular weight excluding hydrogens is 314 g/mol. The Kier molecular flexibility index (Phi) is 5.54. The van der Waals surface area contributed by atoms with Crippen LogP contribution in [0.5, 0.6) is 5.75 Å². The van der Waals surface area contributed by atoms with Crippen LogP contribution < -0.4 is 10.1 Å². The average molecular weight is 340 g/mol. The predicted octanol–water partition coefficient (Wildman–Crippen LogP) is 5.37. The van der Waals surface area contributed by atoms with Gasteiger partial charge < -0.3 is 10.1 Å². The molecule has 1 N–H and O–H groups in total. The molecule has 0 bridgehead atoms. The summed E-state index contributed by atoms with van der Waals surface area (Å²) in [6.45, 7) is 4.93. The van der Waals surface area contributed by atoms with Gasteiger partial charge in [-0.3, -0.25) is 0 Å². The smallest absolute Gasteiger partial charge is 0.119 e. The fourth-order valence-electron chi connectivity index (χ4n) is 2.81. The van der Waals surface area contributed by atoms with Crippen LogP contribution in [0.15, 0.2) is 48.5 Å². The SMILES string of the molecule is CCOc1ccc(CCc2ccc3cc(C(C)NC)sc3c2)cc1. The van der Waals surface area contributed by atoms with Crippen LogP contribution >= 0.6 is 11.3 Å². The van der Waals surface area contributed by atoms with E-state index in [0.29, 0.717) is 12.6 Å². The van der Waals surface area contributed by atoms with Gasteiger partial charge >= 0.3 is 0 Å². The molecule has 0 saturated carbocycles. The van der Waals surface area contributed by atoms with Crippen LogP contribution in [0.1, 0.15) is 35.9 Å². The Hall–Kier alpha value is -1.84. The van der Waals surface area contributed by atoms with Gasteiger partial charge in [0.05, 0.1) is 6.61 Å². The van der Waals surface area contributed by atoms with Crippen molar-refractivity contribution in [3.8, 4) is 5.75 Å². The Labute approximate surface area is 148 Å². The van der Waals surface area contributed by atoms with Gasteiger partial charge in [0.2, 0.25) is 0 Å². The third-order valence-electron chi connectivity index (χ3n) is 4.40. The Morgan fingerprint density at radius 2 is 1.71 bits per heavy atom. The Bertz CT molecular complexity index is 791. The summed E-state index contributed by atoms with van der Waals surface area (Å²) in [5.41, 5.74) is 2.76. The molecule has 3 rings (SSSR count). The molecular formula is C21H25NOS. The van der Waals surface area contributed by atoms with Crippen LogP contribution in [0, 0.1) is 0 Å². The molecule has 0 fully saturated rings. The summed E-state index contributed by atoms with van der Waals surface area (Å²) in [6, 6.07) is 18.0. The number of thiophene rings is 1. The van der Waals surface area contributed by atoms with Crippen molar-refractivity contribution in [3.05, 3.63) is 64.5 Å². The van der Waals surface area contributed by atoms with Crippen LogP contribution in [-0.2, 0) is 12.8 Å². The molecule has 1 atom stereocenters. The van der Waals surface area contributed by atoms with Gasteiger partial charge in [-0.05, 0) is 74.5 Å². The van der Waals surface area contributed by atoms with Gasteiger partial charge in [-0.1, -0.05) is 24.3 Å². The number of benzene rings is 2. The maximum atomic E-state index is 5.50. The molecule has 3 aromatic rings. The van der Waals surface area contributed by atoms with E-state index in [1.54, 1.807) is 0 Å². The van der Waals surface area contributed by atoms with E-state index < -0.39 is 0 Å². The number of hydrogen-bond acceptors (Lipinski definition) is 3. The van der Waals surface area contributed by atoms with E-state index in [2.05, 4.69) is 60.8 Å². The molecule has 0 amide bonds. The highest BCUT2D eigenvalue weighted by Crippen LogP contribution is 2.30. The van der Waals surface area contributed by atoms with E-state index in [4.69, 9.17) is 4.74 Å². The third-order valence-corrected chi connectivity index (χ3v) is 5.68. The minimum absolute atomic E-state index is 0.412. The van der Waals surface area contributed by atoms with Crippen LogP contribution in [0.4, 0.5) is 0 Å². The van der Waals surface area contributed by atoms with Gasteiger partial charge in [-0.25, -0.2) is 0 Å². The van der Waals surface area contributed by atoms with Gasteiger partial charge in [0.15, 0.2) is 0 Å². The number of rotatable bonds is 7. The van der Waals surface area contributed by atoms with Crippen molar-refractivity contribution < 1.29 is 4.74 Å². The Morgan fingerprint density at radius 1 is 1.00 bits per heavy atom. The lowest BCUT2D eigenvalue weighted by Gasteiger charge is -2.05. The maximum absolute atomic E-state index is 5.50. The molecule has 1 unspecified atom stereocenters. The summed E-state index contributed by atoms with van der Waals surface area (Å²) in [5, 5.41) is 4.67. The molecule has 2 aromatic carbocycles. The van der Waals surface area contributed by atoms with E-state index in [-0.39, 0.29) is 0 Å².